The van der Waals surface area contributed by atoms with E-state index in [4.69, 9.17) is 18.6 Å². The van der Waals surface area contributed by atoms with Crippen LogP contribution in [-0.2, 0) is 16.1 Å². The second-order valence-corrected chi connectivity index (χ2v) is 7.80. The van der Waals surface area contributed by atoms with Crippen molar-refractivity contribution in [2.75, 3.05) is 45.4 Å². The number of nitrogens with zero attached hydrogens (tertiary/aromatic N) is 1. The molecule has 0 spiro atoms. The molecule has 8 nitrogen and oxygen atoms in total. The highest BCUT2D eigenvalue weighted by molar-refractivity contribution is 6.07. The van der Waals surface area contributed by atoms with Crippen LogP contribution >= 0.6 is 0 Å². The van der Waals surface area contributed by atoms with Crippen molar-refractivity contribution in [2.45, 2.75) is 6.61 Å². The van der Waals surface area contributed by atoms with Gasteiger partial charge in [0.1, 0.15) is 12.4 Å². The maximum atomic E-state index is 12.6. The molecular weight excluding hydrogens is 450 g/mol. The van der Waals surface area contributed by atoms with Crippen LogP contribution in [0, 0.1) is 0 Å². The zero-order chi connectivity index (χ0) is 24.6. The smallest absolute Gasteiger partial charge is 0.373 e. The fourth-order valence-electron chi connectivity index (χ4n) is 3.65. The Kier molecular flexibility index (Phi) is 7.84. The van der Waals surface area contributed by atoms with Gasteiger partial charge in [0.2, 0.25) is 5.76 Å². The molecule has 0 unspecified atom stereocenters. The van der Waals surface area contributed by atoms with Crippen molar-refractivity contribution in [2.24, 2.45) is 0 Å². The zero-order valence-electron chi connectivity index (χ0n) is 19.7. The van der Waals surface area contributed by atoms with Crippen molar-refractivity contribution in [3.63, 3.8) is 0 Å². The topological polar surface area (TPSA) is 87.4 Å². The molecule has 1 aliphatic rings. The molecule has 0 bridgehead atoms. The summed E-state index contributed by atoms with van der Waals surface area (Å²) in [7, 11) is 2.83. The number of hydrogen-bond acceptors (Lipinski definition) is 8. The molecule has 4 rings (SSSR count). The molecule has 8 heteroatoms. The molecule has 35 heavy (non-hydrogen) atoms. The number of esters is 1. The molecule has 1 aliphatic heterocycles. The van der Waals surface area contributed by atoms with Gasteiger partial charge in [0.05, 0.1) is 27.4 Å². The Morgan fingerprint density at radius 1 is 0.971 bits per heavy atom. The van der Waals surface area contributed by atoms with E-state index in [1.807, 2.05) is 30.3 Å². The molecule has 2 heterocycles. The van der Waals surface area contributed by atoms with Crippen LogP contribution in [0.4, 0.5) is 5.69 Å². The third-order valence-corrected chi connectivity index (χ3v) is 5.56. The molecule has 0 saturated carbocycles. The first-order valence-electron chi connectivity index (χ1n) is 11.2. The van der Waals surface area contributed by atoms with Crippen LogP contribution in [0.2, 0.25) is 0 Å². The van der Waals surface area contributed by atoms with Crippen LogP contribution in [0.25, 0.3) is 6.08 Å². The molecule has 1 aromatic heterocycles. The normalized spacial score (nSPS) is 13.6. The van der Waals surface area contributed by atoms with Crippen LogP contribution < -0.4 is 14.4 Å². The average Bonchev–Trinajstić information content (AvgIpc) is 3.40. The van der Waals surface area contributed by atoms with Gasteiger partial charge in [-0.25, -0.2) is 4.79 Å². The first-order chi connectivity index (χ1) is 17.1. The van der Waals surface area contributed by atoms with Gasteiger partial charge in [-0.3, -0.25) is 4.79 Å². The Morgan fingerprint density at radius 2 is 1.74 bits per heavy atom. The highest BCUT2D eigenvalue weighted by Crippen LogP contribution is 2.29. The van der Waals surface area contributed by atoms with Gasteiger partial charge >= 0.3 is 5.97 Å². The lowest BCUT2D eigenvalue weighted by atomic mass is 10.1. The number of hydrogen-bond donors (Lipinski definition) is 0. The molecule has 0 amide bonds. The highest BCUT2D eigenvalue weighted by atomic mass is 16.5. The molecule has 0 radical (unpaired) electrons. The minimum Gasteiger partial charge on any atom is -0.493 e. The Labute approximate surface area is 203 Å². The number of rotatable bonds is 9. The van der Waals surface area contributed by atoms with Crippen molar-refractivity contribution < 1.29 is 33.0 Å². The summed E-state index contributed by atoms with van der Waals surface area (Å²) >= 11 is 0. The predicted octanol–water partition coefficient (Wildman–Crippen LogP) is 4.39. The third-order valence-electron chi connectivity index (χ3n) is 5.56. The highest BCUT2D eigenvalue weighted by Gasteiger charge is 2.13. The van der Waals surface area contributed by atoms with E-state index in [-0.39, 0.29) is 18.2 Å². The number of allylic oxidation sites excluding steroid dienone is 1. The largest absolute Gasteiger partial charge is 0.493 e. The van der Waals surface area contributed by atoms with Crippen LogP contribution in [0.5, 0.6) is 11.5 Å². The minimum absolute atomic E-state index is 0.0861. The van der Waals surface area contributed by atoms with E-state index in [2.05, 4.69) is 9.64 Å². The van der Waals surface area contributed by atoms with Crippen molar-refractivity contribution >= 4 is 23.5 Å². The summed E-state index contributed by atoms with van der Waals surface area (Å²) in [5, 5.41) is 0. The summed E-state index contributed by atoms with van der Waals surface area (Å²) in [5.74, 6) is 0.963. The fraction of sp³-hybridized carbons (Fsp3) is 0.259. The van der Waals surface area contributed by atoms with Gasteiger partial charge in [-0.1, -0.05) is 12.1 Å². The molecule has 0 atom stereocenters. The summed E-state index contributed by atoms with van der Waals surface area (Å²) < 4.78 is 26.6. The van der Waals surface area contributed by atoms with Crippen molar-refractivity contribution in [3.05, 3.63) is 83.3 Å². The number of anilines is 1. The Hall–Kier alpha value is -4.04. The molecular formula is C27H27NO7. The lowest BCUT2D eigenvalue weighted by molar-refractivity contribution is 0.0560. The average molecular weight is 478 g/mol. The summed E-state index contributed by atoms with van der Waals surface area (Å²) in [5.41, 5.74) is 2.50. The van der Waals surface area contributed by atoms with Gasteiger partial charge in [0.15, 0.2) is 17.3 Å². The van der Waals surface area contributed by atoms with Crippen LogP contribution in [0.3, 0.4) is 0 Å². The van der Waals surface area contributed by atoms with E-state index in [0.29, 0.717) is 22.8 Å². The standard InChI is InChI=1S/C27H27NO7/c1-31-26-17-19(4-11-24(26)34-18-22-9-12-25(35-22)27(30)32-2)3-10-23(29)20-5-7-21(8-6-20)28-13-15-33-16-14-28/h3-12,17H,13-16,18H2,1-2H3/b10-3+. The van der Waals surface area contributed by atoms with Crippen LogP contribution in [-0.4, -0.2) is 52.3 Å². The first-order valence-corrected chi connectivity index (χ1v) is 11.2. The van der Waals surface area contributed by atoms with Gasteiger partial charge in [-0.15, -0.1) is 0 Å². The van der Waals surface area contributed by atoms with Crippen molar-refractivity contribution in [3.8, 4) is 11.5 Å². The Morgan fingerprint density at radius 3 is 2.46 bits per heavy atom. The molecule has 2 aromatic carbocycles. The fourth-order valence-corrected chi connectivity index (χ4v) is 3.65. The van der Waals surface area contributed by atoms with Crippen molar-refractivity contribution in [1.29, 1.82) is 0 Å². The van der Waals surface area contributed by atoms with Crippen LogP contribution in [0.15, 0.2) is 65.1 Å². The number of carbonyl (C=O) groups excluding carboxylic acids is 2. The number of morpholine rings is 1. The third kappa shape index (κ3) is 6.10. The second-order valence-electron chi connectivity index (χ2n) is 7.80. The van der Waals surface area contributed by atoms with Gasteiger partial charge < -0.3 is 28.3 Å². The maximum absolute atomic E-state index is 12.6. The Bertz CT molecular complexity index is 1190. The Balaban J connectivity index is 1.37. The molecule has 1 saturated heterocycles. The minimum atomic E-state index is -0.549. The monoisotopic (exact) mass is 477 g/mol. The predicted molar refractivity (Wildman–Crippen MR) is 130 cm³/mol. The van der Waals surface area contributed by atoms with E-state index in [0.717, 1.165) is 37.6 Å². The van der Waals surface area contributed by atoms with Crippen LogP contribution in [0.1, 0.15) is 32.2 Å². The lowest BCUT2D eigenvalue weighted by Crippen LogP contribution is -2.36. The first kappa shape index (κ1) is 24.1. The number of carbonyl (C=O) groups is 2. The molecule has 3 aromatic rings. The molecule has 182 valence electrons. The van der Waals surface area contributed by atoms with Gasteiger partial charge in [-0.05, 0) is 60.2 Å². The molecule has 1 fully saturated rings. The maximum Gasteiger partial charge on any atom is 0.373 e. The number of furan rings is 1. The number of methoxy groups -OCH3 is 2. The van der Waals surface area contributed by atoms with Crippen molar-refractivity contribution in [1.82, 2.24) is 0 Å². The summed E-state index contributed by atoms with van der Waals surface area (Å²) in [6.07, 6.45) is 3.27. The summed E-state index contributed by atoms with van der Waals surface area (Å²) in [6.45, 7) is 3.25. The van der Waals surface area contributed by atoms with Gasteiger partial charge in [0, 0.05) is 24.3 Å². The summed E-state index contributed by atoms with van der Waals surface area (Å²) in [6, 6.07) is 16.2. The number of ketones is 1. The van der Waals surface area contributed by atoms with E-state index in [1.54, 1.807) is 31.4 Å². The van der Waals surface area contributed by atoms with E-state index in [9.17, 15) is 9.59 Å². The number of ether oxygens (including phenoxy) is 4. The second kappa shape index (κ2) is 11.4. The SMILES string of the molecule is COC(=O)c1ccc(COc2ccc(/C=C/C(=O)c3ccc(N4CCOCC4)cc3)cc2OC)o1. The van der Waals surface area contributed by atoms with E-state index in [1.165, 1.54) is 19.3 Å². The van der Waals surface area contributed by atoms with E-state index >= 15 is 0 Å². The quantitative estimate of drug-likeness (QED) is 0.255. The molecule has 0 N–H and O–H groups in total. The number of benzene rings is 2. The van der Waals surface area contributed by atoms with E-state index < -0.39 is 5.97 Å². The molecule has 0 aliphatic carbocycles. The lowest BCUT2D eigenvalue weighted by Gasteiger charge is -2.28. The summed E-state index contributed by atoms with van der Waals surface area (Å²) in [4.78, 5) is 26.4. The van der Waals surface area contributed by atoms with Gasteiger partial charge in [0.25, 0.3) is 0 Å². The van der Waals surface area contributed by atoms with Gasteiger partial charge in [-0.2, -0.15) is 0 Å². The zero-order valence-corrected chi connectivity index (χ0v) is 19.7.